The van der Waals surface area contributed by atoms with Gasteiger partial charge in [-0.3, -0.25) is 14.4 Å². The molecule has 1 aliphatic rings. The van der Waals surface area contributed by atoms with Gasteiger partial charge in [-0.2, -0.15) is 0 Å². The zero-order valence-corrected chi connectivity index (χ0v) is 18.4. The SMILES string of the molecule is CCCCN1C[C@@H](C(=O)Nc2ccc(C(=O)Nc3ccc(N(C)C)cc3)cc2)CC1=O. The van der Waals surface area contributed by atoms with Crippen LogP contribution in [-0.4, -0.2) is 49.8 Å². The van der Waals surface area contributed by atoms with Crippen molar-refractivity contribution in [3.05, 3.63) is 54.1 Å². The lowest BCUT2D eigenvalue weighted by Gasteiger charge is -2.16. The Bertz CT molecular complexity index is 923. The maximum Gasteiger partial charge on any atom is 0.255 e. The van der Waals surface area contributed by atoms with Gasteiger partial charge in [0.1, 0.15) is 0 Å². The molecule has 1 atom stereocenters. The predicted molar refractivity (Wildman–Crippen MR) is 123 cm³/mol. The van der Waals surface area contributed by atoms with Crippen LogP contribution in [-0.2, 0) is 9.59 Å². The normalized spacial score (nSPS) is 15.6. The van der Waals surface area contributed by atoms with Crippen molar-refractivity contribution >= 4 is 34.8 Å². The van der Waals surface area contributed by atoms with Gasteiger partial charge < -0.3 is 20.4 Å². The molecule has 0 bridgehead atoms. The Labute approximate surface area is 183 Å². The molecule has 3 amide bonds. The zero-order chi connectivity index (χ0) is 22.4. The fourth-order valence-electron chi connectivity index (χ4n) is 3.51. The summed E-state index contributed by atoms with van der Waals surface area (Å²) in [6, 6.07) is 14.3. The highest BCUT2D eigenvalue weighted by Crippen LogP contribution is 2.21. The number of hydrogen-bond acceptors (Lipinski definition) is 4. The molecule has 2 aromatic carbocycles. The van der Waals surface area contributed by atoms with E-state index in [0.717, 1.165) is 18.5 Å². The van der Waals surface area contributed by atoms with Crippen LogP contribution in [0.3, 0.4) is 0 Å². The molecule has 2 N–H and O–H groups in total. The number of unbranched alkanes of at least 4 members (excludes halogenated alkanes) is 1. The van der Waals surface area contributed by atoms with E-state index in [0.29, 0.717) is 30.0 Å². The summed E-state index contributed by atoms with van der Waals surface area (Å²) in [7, 11) is 3.92. The highest BCUT2D eigenvalue weighted by atomic mass is 16.2. The Morgan fingerprint density at radius 3 is 2.23 bits per heavy atom. The first-order chi connectivity index (χ1) is 14.9. The fourth-order valence-corrected chi connectivity index (χ4v) is 3.51. The van der Waals surface area contributed by atoms with E-state index in [2.05, 4.69) is 17.6 Å². The van der Waals surface area contributed by atoms with Gasteiger partial charge in [0.2, 0.25) is 11.8 Å². The molecule has 164 valence electrons. The molecule has 0 spiro atoms. The Balaban J connectivity index is 1.54. The number of nitrogens with one attached hydrogen (secondary N) is 2. The molecular formula is C24H30N4O3. The Hall–Kier alpha value is -3.35. The number of hydrogen-bond donors (Lipinski definition) is 2. The third-order valence-corrected chi connectivity index (χ3v) is 5.42. The van der Waals surface area contributed by atoms with Crippen LogP contribution in [0, 0.1) is 5.92 Å². The minimum Gasteiger partial charge on any atom is -0.378 e. The van der Waals surface area contributed by atoms with E-state index < -0.39 is 0 Å². The topological polar surface area (TPSA) is 81.8 Å². The molecule has 0 aliphatic carbocycles. The number of amides is 3. The van der Waals surface area contributed by atoms with E-state index in [1.165, 1.54) is 0 Å². The largest absolute Gasteiger partial charge is 0.378 e. The van der Waals surface area contributed by atoms with Gasteiger partial charge in [-0.15, -0.1) is 0 Å². The summed E-state index contributed by atoms with van der Waals surface area (Å²) in [6.45, 7) is 3.26. The van der Waals surface area contributed by atoms with Crippen LogP contribution in [0.2, 0.25) is 0 Å². The van der Waals surface area contributed by atoms with Gasteiger partial charge in [0.25, 0.3) is 5.91 Å². The van der Waals surface area contributed by atoms with Crippen LogP contribution in [0.5, 0.6) is 0 Å². The number of likely N-dealkylation sites (tertiary alicyclic amines) is 1. The minimum absolute atomic E-state index is 0.0410. The van der Waals surface area contributed by atoms with E-state index in [4.69, 9.17) is 0 Å². The van der Waals surface area contributed by atoms with Crippen molar-refractivity contribution in [2.75, 3.05) is 42.7 Å². The summed E-state index contributed by atoms with van der Waals surface area (Å²) in [6.07, 6.45) is 2.22. The van der Waals surface area contributed by atoms with Gasteiger partial charge in [0.05, 0.1) is 5.92 Å². The third kappa shape index (κ3) is 5.84. The summed E-state index contributed by atoms with van der Waals surface area (Å²) >= 11 is 0. The van der Waals surface area contributed by atoms with Gasteiger partial charge >= 0.3 is 0 Å². The van der Waals surface area contributed by atoms with Gasteiger partial charge in [-0.25, -0.2) is 0 Å². The van der Waals surface area contributed by atoms with E-state index in [1.807, 2.05) is 43.3 Å². The van der Waals surface area contributed by atoms with E-state index in [9.17, 15) is 14.4 Å². The second-order valence-corrected chi connectivity index (χ2v) is 8.06. The average molecular weight is 423 g/mol. The highest BCUT2D eigenvalue weighted by molar-refractivity contribution is 6.05. The summed E-state index contributed by atoms with van der Waals surface area (Å²) in [5, 5.41) is 5.73. The molecule has 1 heterocycles. The molecule has 7 nitrogen and oxygen atoms in total. The van der Waals surface area contributed by atoms with Crippen molar-refractivity contribution in [2.45, 2.75) is 26.2 Å². The Morgan fingerprint density at radius 1 is 1.00 bits per heavy atom. The third-order valence-electron chi connectivity index (χ3n) is 5.42. The highest BCUT2D eigenvalue weighted by Gasteiger charge is 2.33. The minimum atomic E-state index is -0.336. The summed E-state index contributed by atoms with van der Waals surface area (Å²) in [4.78, 5) is 40.9. The number of carbonyl (C=O) groups is 3. The van der Waals surface area contributed by atoms with Crippen LogP contribution in [0.1, 0.15) is 36.5 Å². The molecule has 0 radical (unpaired) electrons. The van der Waals surface area contributed by atoms with Crippen molar-refractivity contribution in [2.24, 2.45) is 5.92 Å². The lowest BCUT2D eigenvalue weighted by Crippen LogP contribution is -2.29. The summed E-state index contributed by atoms with van der Waals surface area (Å²) in [5.41, 5.74) is 2.87. The van der Waals surface area contributed by atoms with Crippen LogP contribution >= 0.6 is 0 Å². The molecular weight excluding hydrogens is 392 g/mol. The summed E-state index contributed by atoms with van der Waals surface area (Å²) < 4.78 is 0. The molecule has 0 saturated carbocycles. The zero-order valence-electron chi connectivity index (χ0n) is 18.4. The van der Waals surface area contributed by atoms with Crippen LogP contribution in [0.15, 0.2) is 48.5 Å². The lowest BCUT2D eigenvalue weighted by molar-refractivity contribution is -0.128. The first-order valence-electron chi connectivity index (χ1n) is 10.6. The van der Waals surface area contributed by atoms with Gasteiger partial charge in [0.15, 0.2) is 0 Å². The van der Waals surface area contributed by atoms with Crippen molar-refractivity contribution in [3.63, 3.8) is 0 Å². The van der Waals surface area contributed by atoms with Gasteiger partial charge in [-0.05, 0) is 55.0 Å². The Kier molecular flexibility index (Phi) is 7.28. The number of anilines is 3. The smallest absolute Gasteiger partial charge is 0.255 e. The molecule has 1 fully saturated rings. The van der Waals surface area contributed by atoms with E-state index >= 15 is 0 Å². The molecule has 1 saturated heterocycles. The molecule has 31 heavy (non-hydrogen) atoms. The number of carbonyl (C=O) groups excluding carboxylic acids is 3. The molecule has 2 aromatic rings. The van der Waals surface area contributed by atoms with Crippen LogP contribution < -0.4 is 15.5 Å². The van der Waals surface area contributed by atoms with Crippen molar-refractivity contribution in [3.8, 4) is 0 Å². The first-order valence-corrected chi connectivity index (χ1v) is 10.6. The van der Waals surface area contributed by atoms with Crippen LogP contribution in [0.25, 0.3) is 0 Å². The average Bonchev–Trinajstić information content (AvgIpc) is 3.13. The lowest BCUT2D eigenvalue weighted by atomic mass is 10.1. The second-order valence-electron chi connectivity index (χ2n) is 8.06. The van der Waals surface area contributed by atoms with E-state index in [1.54, 1.807) is 29.2 Å². The standard InChI is InChI=1S/C24H30N4O3/c1-4-5-14-28-16-18(15-22(28)29)24(31)26-19-8-6-17(7-9-19)23(30)25-20-10-12-21(13-11-20)27(2)3/h6-13,18H,4-5,14-16H2,1-3H3,(H,25,30)(H,26,31)/t18-/m0/s1. The van der Waals surface area contributed by atoms with Crippen molar-refractivity contribution < 1.29 is 14.4 Å². The van der Waals surface area contributed by atoms with Gasteiger partial charge in [0, 0.05) is 56.2 Å². The molecule has 1 aliphatic heterocycles. The van der Waals surface area contributed by atoms with Crippen molar-refractivity contribution in [1.29, 1.82) is 0 Å². The van der Waals surface area contributed by atoms with Crippen molar-refractivity contribution in [1.82, 2.24) is 4.90 Å². The Morgan fingerprint density at radius 2 is 1.61 bits per heavy atom. The number of rotatable bonds is 8. The fraction of sp³-hybridized carbons (Fsp3) is 0.375. The number of benzene rings is 2. The maximum atomic E-state index is 12.5. The monoisotopic (exact) mass is 422 g/mol. The van der Waals surface area contributed by atoms with Gasteiger partial charge in [-0.1, -0.05) is 13.3 Å². The van der Waals surface area contributed by atoms with Crippen LogP contribution in [0.4, 0.5) is 17.1 Å². The molecule has 3 rings (SSSR count). The first kappa shape index (κ1) is 22.3. The second kappa shape index (κ2) is 10.1. The quantitative estimate of drug-likeness (QED) is 0.681. The number of nitrogens with zero attached hydrogens (tertiary/aromatic N) is 2. The maximum absolute atomic E-state index is 12.5. The summed E-state index contributed by atoms with van der Waals surface area (Å²) in [5.74, 6) is -0.675. The molecule has 0 aromatic heterocycles. The molecule has 0 unspecified atom stereocenters. The van der Waals surface area contributed by atoms with E-state index in [-0.39, 0.29) is 30.1 Å². The molecule has 7 heteroatoms. The predicted octanol–water partition coefficient (Wildman–Crippen LogP) is 3.59.